The number of pyridine rings is 1. The van der Waals surface area contributed by atoms with E-state index in [1.54, 1.807) is 17.5 Å². The van der Waals surface area contributed by atoms with Gasteiger partial charge in [-0.25, -0.2) is 15.0 Å². The van der Waals surface area contributed by atoms with Gasteiger partial charge in [-0.1, -0.05) is 43.8 Å². The molecule has 0 unspecified atom stereocenters. The molecule has 3 nitrogen and oxygen atoms in total. The average molecular weight is 420 g/mol. The normalized spacial score (nSPS) is 11.3. The van der Waals surface area contributed by atoms with Crippen molar-refractivity contribution in [1.29, 1.82) is 0 Å². The molecular formula is C22H18ClN3SSi. The Morgan fingerprint density at radius 1 is 1.00 bits per heavy atom. The van der Waals surface area contributed by atoms with Crippen LogP contribution in [0.3, 0.4) is 0 Å². The van der Waals surface area contributed by atoms with Crippen molar-refractivity contribution in [1.82, 2.24) is 15.0 Å². The van der Waals surface area contributed by atoms with E-state index in [2.05, 4.69) is 76.4 Å². The van der Waals surface area contributed by atoms with E-state index in [-0.39, 0.29) is 5.28 Å². The van der Waals surface area contributed by atoms with Crippen LogP contribution < -0.4 is 0 Å². The Bertz CT molecular complexity index is 1230. The Labute approximate surface area is 174 Å². The van der Waals surface area contributed by atoms with Crippen molar-refractivity contribution in [3.8, 4) is 33.2 Å². The molecule has 1 aromatic carbocycles. The molecule has 6 heteroatoms. The second-order valence-corrected chi connectivity index (χ2v) is 13.6. The smallest absolute Gasteiger partial charge is 0.222 e. The average Bonchev–Trinajstić information content (AvgIpc) is 3.10. The standard InChI is InChI=1S/C22H18ClN3SSi/c1-28(2,3)12-9-17-13-15(7-10-24-17)18-6-4-5-16-14-20(27-21(16)18)19-8-11-25-22(23)26-19/h4-8,10-11,13-14H,1-3H3. The van der Waals surface area contributed by atoms with Crippen molar-refractivity contribution >= 4 is 41.1 Å². The van der Waals surface area contributed by atoms with Crippen LogP contribution in [0.25, 0.3) is 31.8 Å². The molecule has 0 radical (unpaired) electrons. The molecule has 0 aliphatic rings. The van der Waals surface area contributed by atoms with E-state index in [9.17, 15) is 0 Å². The minimum Gasteiger partial charge on any atom is -0.248 e. The van der Waals surface area contributed by atoms with Gasteiger partial charge >= 0.3 is 0 Å². The first-order valence-electron chi connectivity index (χ1n) is 8.90. The van der Waals surface area contributed by atoms with E-state index in [4.69, 9.17) is 11.6 Å². The van der Waals surface area contributed by atoms with Crippen LogP contribution in [0.2, 0.25) is 24.9 Å². The van der Waals surface area contributed by atoms with Crippen LogP contribution in [0.1, 0.15) is 5.69 Å². The molecule has 0 bridgehead atoms. The summed E-state index contributed by atoms with van der Waals surface area (Å²) in [6.07, 6.45) is 3.52. The maximum atomic E-state index is 5.97. The number of thiophene rings is 1. The Balaban J connectivity index is 1.80. The molecule has 0 amide bonds. The maximum absolute atomic E-state index is 5.97. The lowest BCUT2D eigenvalue weighted by molar-refractivity contribution is 1.18. The minimum absolute atomic E-state index is 0.259. The lowest BCUT2D eigenvalue weighted by Crippen LogP contribution is -2.16. The molecule has 0 N–H and O–H groups in total. The number of hydrogen-bond donors (Lipinski definition) is 0. The van der Waals surface area contributed by atoms with Crippen molar-refractivity contribution in [2.45, 2.75) is 19.6 Å². The fourth-order valence-electron chi connectivity index (χ4n) is 2.81. The molecule has 0 atom stereocenters. The first-order chi connectivity index (χ1) is 13.4. The first kappa shape index (κ1) is 18.8. The van der Waals surface area contributed by atoms with Gasteiger partial charge in [0.05, 0.1) is 10.6 Å². The quantitative estimate of drug-likeness (QED) is 0.217. The highest BCUT2D eigenvalue weighted by Crippen LogP contribution is 2.38. The summed E-state index contributed by atoms with van der Waals surface area (Å²) in [6.45, 7) is 6.70. The van der Waals surface area contributed by atoms with E-state index >= 15 is 0 Å². The monoisotopic (exact) mass is 419 g/mol. The van der Waals surface area contributed by atoms with Crippen LogP contribution in [0.15, 0.2) is 54.9 Å². The van der Waals surface area contributed by atoms with Gasteiger partial charge in [-0.05, 0) is 52.4 Å². The summed E-state index contributed by atoms with van der Waals surface area (Å²) < 4.78 is 1.21. The highest BCUT2D eigenvalue weighted by Gasteiger charge is 2.12. The minimum atomic E-state index is -1.44. The lowest BCUT2D eigenvalue weighted by Gasteiger charge is -2.05. The predicted octanol–water partition coefficient (Wildman–Crippen LogP) is 6.30. The number of halogens is 1. The molecule has 4 rings (SSSR count). The van der Waals surface area contributed by atoms with Gasteiger partial charge in [-0.15, -0.1) is 16.9 Å². The van der Waals surface area contributed by atoms with Gasteiger partial charge in [-0.3, -0.25) is 0 Å². The second kappa shape index (κ2) is 7.48. The van der Waals surface area contributed by atoms with Crippen molar-refractivity contribution in [2.75, 3.05) is 0 Å². The number of fused-ring (bicyclic) bond motifs is 1. The van der Waals surface area contributed by atoms with Crippen LogP contribution >= 0.6 is 22.9 Å². The van der Waals surface area contributed by atoms with Crippen LogP contribution in [-0.4, -0.2) is 23.0 Å². The van der Waals surface area contributed by atoms with E-state index in [0.717, 1.165) is 21.8 Å². The Hall–Kier alpha value is -2.52. The largest absolute Gasteiger partial charge is 0.248 e. The van der Waals surface area contributed by atoms with Gasteiger partial charge in [0.1, 0.15) is 13.8 Å². The Morgan fingerprint density at radius 2 is 1.82 bits per heavy atom. The summed E-state index contributed by atoms with van der Waals surface area (Å²) >= 11 is 7.67. The van der Waals surface area contributed by atoms with E-state index < -0.39 is 8.07 Å². The molecule has 0 aliphatic heterocycles. The molecule has 3 heterocycles. The zero-order chi connectivity index (χ0) is 19.7. The van der Waals surface area contributed by atoms with Crippen molar-refractivity contribution in [3.05, 3.63) is 65.8 Å². The van der Waals surface area contributed by atoms with Crippen LogP contribution in [0.4, 0.5) is 0 Å². The molecule has 0 aliphatic carbocycles. The number of nitrogens with zero attached hydrogens (tertiary/aromatic N) is 3. The zero-order valence-corrected chi connectivity index (χ0v) is 18.4. The summed E-state index contributed by atoms with van der Waals surface area (Å²) in [5, 5.41) is 1.44. The summed E-state index contributed by atoms with van der Waals surface area (Å²) in [4.78, 5) is 13.8. The number of rotatable bonds is 2. The number of aromatic nitrogens is 3. The van der Waals surface area contributed by atoms with Crippen LogP contribution in [0.5, 0.6) is 0 Å². The van der Waals surface area contributed by atoms with Gasteiger partial charge in [0, 0.05) is 17.1 Å². The highest BCUT2D eigenvalue weighted by atomic mass is 35.5. The lowest BCUT2D eigenvalue weighted by atomic mass is 10.0. The molecule has 4 aromatic rings. The third-order valence-corrected chi connectivity index (χ3v) is 6.32. The summed E-state index contributed by atoms with van der Waals surface area (Å²) in [5.41, 5.74) is 7.33. The molecular weight excluding hydrogens is 402 g/mol. The number of benzene rings is 1. The SMILES string of the molecule is C[Si](C)(C)C#Cc1cc(-c2cccc3cc(-c4ccnc(Cl)n4)sc23)ccn1. The van der Waals surface area contributed by atoms with Gasteiger partial charge in [0.2, 0.25) is 5.28 Å². The van der Waals surface area contributed by atoms with Gasteiger partial charge in [0.15, 0.2) is 0 Å². The maximum Gasteiger partial charge on any atom is 0.222 e. The third-order valence-electron chi connectivity index (χ3n) is 4.06. The zero-order valence-electron chi connectivity index (χ0n) is 15.8. The van der Waals surface area contributed by atoms with E-state index in [1.807, 2.05) is 18.3 Å². The van der Waals surface area contributed by atoms with Crippen molar-refractivity contribution in [3.63, 3.8) is 0 Å². The molecule has 0 fully saturated rings. The predicted molar refractivity (Wildman–Crippen MR) is 121 cm³/mol. The topological polar surface area (TPSA) is 38.7 Å². The van der Waals surface area contributed by atoms with E-state index in [0.29, 0.717) is 0 Å². The Kier molecular flexibility index (Phi) is 5.03. The van der Waals surface area contributed by atoms with Crippen LogP contribution in [-0.2, 0) is 0 Å². The highest BCUT2D eigenvalue weighted by molar-refractivity contribution is 7.22. The molecule has 0 saturated carbocycles. The molecule has 28 heavy (non-hydrogen) atoms. The van der Waals surface area contributed by atoms with Gasteiger partial charge in [-0.2, -0.15) is 0 Å². The van der Waals surface area contributed by atoms with Gasteiger partial charge < -0.3 is 0 Å². The van der Waals surface area contributed by atoms with Gasteiger partial charge in [0.25, 0.3) is 0 Å². The fourth-order valence-corrected chi connectivity index (χ4v) is 4.62. The molecule has 0 spiro atoms. The van der Waals surface area contributed by atoms with Crippen LogP contribution in [0, 0.1) is 11.5 Å². The van der Waals surface area contributed by atoms with Crippen molar-refractivity contribution in [2.24, 2.45) is 0 Å². The van der Waals surface area contributed by atoms with E-state index in [1.165, 1.54) is 15.6 Å². The first-order valence-corrected chi connectivity index (χ1v) is 13.6. The molecule has 138 valence electrons. The Morgan fingerprint density at radius 3 is 2.61 bits per heavy atom. The molecule has 0 saturated heterocycles. The third kappa shape index (κ3) is 4.15. The summed E-state index contributed by atoms with van der Waals surface area (Å²) in [7, 11) is -1.44. The summed E-state index contributed by atoms with van der Waals surface area (Å²) in [6, 6.07) is 14.5. The fraction of sp³-hybridized carbons (Fsp3) is 0.136. The van der Waals surface area contributed by atoms with Crippen molar-refractivity contribution < 1.29 is 0 Å². The number of hydrogen-bond acceptors (Lipinski definition) is 4. The summed E-state index contributed by atoms with van der Waals surface area (Å²) in [5.74, 6) is 3.25. The molecule has 3 aromatic heterocycles. The second-order valence-electron chi connectivity index (χ2n) is 7.48.